The lowest BCUT2D eigenvalue weighted by Crippen LogP contribution is -2.21. The molecule has 0 atom stereocenters. The largest absolute Gasteiger partial charge is 0.508 e. The number of aromatic hydroxyl groups is 1. The van der Waals surface area contributed by atoms with Crippen molar-refractivity contribution >= 4 is 18.5 Å². The molecule has 0 spiro atoms. The van der Waals surface area contributed by atoms with Crippen LogP contribution in [0, 0.1) is 29.6 Å². The summed E-state index contributed by atoms with van der Waals surface area (Å²) in [7, 11) is 0. The van der Waals surface area contributed by atoms with E-state index in [-0.39, 0.29) is 11.6 Å². The molecule has 24 heavy (non-hydrogen) atoms. The van der Waals surface area contributed by atoms with Crippen LogP contribution in [0.15, 0.2) is 24.3 Å². The third-order valence-electron chi connectivity index (χ3n) is 4.10. The summed E-state index contributed by atoms with van der Waals surface area (Å²) in [4.78, 5) is 2.96. The lowest BCUT2D eigenvalue weighted by Gasteiger charge is -2.10. The van der Waals surface area contributed by atoms with Crippen molar-refractivity contribution < 1.29 is 5.11 Å². The van der Waals surface area contributed by atoms with Gasteiger partial charge in [0.15, 0.2) is 0 Å². The predicted molar refractivity (Wildman–Crippen MR) is 92.4 cm³/mol. The molecule has 0 radical (unpaired) electrons. The second kappa shape index (κ2) is 5.49. The highest BCUT2D eigenvalue weighted by Gasteiger charge is 2.21. The lowest BCUT2D eigenvalue weighted by molar-refractivity contribution is 0.475. The summed E-state index contributed by atoms with van der Waals surface area (Å²) in [6, 6.07) is 10.9. The number of fused-ring (bicyclic) bond motifs is 1. The fourth-order valence-electron chi connectivity index (χ4n) is 2.90. The van der Waals surface area contributed by atoms with Crippen molar-refractivity contribution in [2.75, 3.05) is 5.73 Å². The van der Waals surface area contributed by atoms with Crippen LogP contribution >= 0.6 is 0 Å². The molecule has 0 bridgehead atoms. The van der Waals surface area contributed by atoms with E-state index >= 15 is 0 Å². The maximum atomic E-state index is 9.48. The number of hydrogen-bond acceptors (Lipinski definition) is 4. The number of nitrogens with one attached hydrogen (secondary N) is 1. The van der Waals surface area contributed by atoms with Crippen molar-refractivity contribution in [3.63, 3.8) is 0 Å². The normalized spacial score (nSPS) is 11.4. The Morgan fingerprint density at radius 1 is 1.17 bits per heavy atom. The van der Waals surface area contributed by atoms with Gasteiger partial charge >= 0.3 is 0 Å². The number of nitriles is 2. The first-order valence-corrected chi connectivity index (χ1v) is 7.21. The molecule has 0 saturated heterocycles. The third kappa shape index (κ3) is 2.16. The number of aromatic amines is 1. The quantitative estimate of drug-likeness (QED) is 0.635. The first kappa shape index (κ1) is 15.2. The molecule has 1 aliphatic heterocycles. The molecule has 3 rings (SSSR count). The van der Waals surface area contributed by atoms with Crippen LogP contribution in [0.3, 0.4) is 0 Å². The topological polar surface area (TPSA) is 110 Å². The molecule has 4 N–H and O–H groups in total. The number of phenolic OH excluding ortho intramolecular Hbond substituents is 1. The minimum Gasteiger partial charge on any atom is -0.508 e. The van der Waals surface area contributed by atoms with E-state index < -0.39 is 0 Å². The molecule has 0 aromatic heterocycles. The number of anilines is 1. The molecule has 116 valence electrons. The van der Waals surface area contributed by atoms with E-state index in [4.69, 9.17) is 5.73 Å². The number of nitrogens with two attached hydrogens (primary N) is 1. The van der Waals surface area contributed by atoms with Gasteiger partial charge in [-0.2, -0.15) is 10.5 Å². The highest BCUT2D eigenvalue weighted by atomic mass is 16.3. The standard InChI is InChI=1S/C19H14N4O/c1-10-14(7-12-3-5-13(24)6-4-12)17-11(2)16(9-21)19(22)23-18(17)15(10)8-20/h3-7,23-24H,1,22H2,2H3/b14-7-. The van der Waals surface area contributed by atoms with E-state index in [0.717, 1.165) is 16.3 Å². The SMILES string of the molecule is C=c1c(C#N)c2[nH]c(N)c(C#N)c(C)c-2/c1=C\c1ccc(O)cc1. The van der Waals surface area contributed by atoms with Crippen molar-refractivity contribution in [2.45, 2.75) is 6.92 Å². The predicted octanol–water partition coefficient (Wildman–Crippen LogP) is 1.70. The average Bonchev–Trinajstić information content (AvgIpc) is 2.81. The van der Waals surface area contributed by atoms with Gasteiger partial charge in [-0.3, -0.25) is 0 Å². The van der Waals surface area contributed by atoms with Crippen molar-refractivity contribution in [3.8, 4) is 29.1 Å². The van der Waals surface area contributed by atoms with Crippen molar-refractivity contribution in [3.05, 3.63) is 57.0 Å². The number of rotatable bonds is 1. The summed E-state index contributed by atoms with van der Waals surface area (Å²) in [6.07, 6.45) is 1.88. The first-order chi connectivity index (χ1) is 11.5. The Kier molecular flexibility index (Phi) is 3.48. The van der Waals surface area contributed by atoms with Gasteiger partial charge in [-0.05, 0) is 46.7 Å². The van der Waals surface area contributed by atoms with Crippen LogP contribution in [0.5, 0.6) is 5.75 Å². The first-order valence-electron chi connectivity index (χ1n) is 7.21. The number of nitrogen functional groups attached to an aromatic ring is 1. The molecule has 0 saturated carbocycles. The Labute approximate surface area is 138 Å². The highest BCUT2D eigenvalue weighted by Crippen LogP contribution is 2.28. The van der Waals surface area contributed by atoms with Gasteiger partial charge in [-0.15, -0.1) is 0 Å². The number of benzene rings is 1. The summed E-state index contributed by atoms with van der Waals surface area (Å²) >= 11 is 0. The van der Waals surface area contributed by atoms with Crippen LogP contribution in [0.25, 0.3) is 23.9 Å². The molecular weight excluding hydrogens is 300 g/mol. The number of phenols is 1. The average molecular weight is 314 g/mol. The van der Waals surface area contributed by atoms with Crippen molar-refractivity contribution in [1.82, 2.24) is 4.98 Å². The van der Waals surface area contributed by atoms with Crippen LogP contribution in [0.1, 0.15) is 22.3 Å². The molecule has 1 heterocycles. The number of pyridine rings is 1. The van der Waals surface area contributed by atoms with Gasteiger partial charge in [0.1, 0.15) is 23.7 Å². The smallest absolute Gasteiger partial charge is 0.119 e. The molecule has 0 unspecified atom stereocenters. The maximum absolute atomic E-state index is 9.48. The minimum absolute atomic E-state index is 0.177. The Bertz CT molecular complexity index is 1110. The zero-order valence-corrected chi connectivity index (χ0v) is 13.0. The number of nitrogens with zero attached hydrogens (tertiary/aromatic N) is 2. The molecule has 2 aliphatic rings. The second-order valence-electron chi connectivity index (χ2n) is 5.52. The Balaban J connectivity index is 2.47. The van der Waals surface area contributed by atoms with E-state index in [1.807, 2.05) is 6.08 Å². The summed E-state index contributed by atoms with van der Waals surface area (Å²) < 4.78 is 0. The van der Waals surface area contributed by atoms with Gasteiger partial charge in [0.25, 0.3) is 0 Å². The van der Waals surface area contributed by atoms with Gasteiger partial charge in [0.2, 0.25) is 0 Å². The van der Waals surface area contributed by atoms with Crippen LogP contribution in [0.2, 0.25) is 0 Å². The van der Waals surface area contributed by atoms with Crippen LogP contribution in [0.4, 0.5) is 5.82 Å². The Morgan fingerprint density at radius 3 is 2.38 bits per heavy atom. The molecule has 0 fully saturated rings. The minimum atomic E-state index is 0.177. The van der Waals surface area contributed by atoms with Crippen molar-refractivity contribution in [2.24, 2.45) is 0 Å². The molecule has 1 aromatic carbocycles. The number of hydrogen-bond donors (Lipinski definition) is 3. The third-order valence-corrected chi connectivity index (χ3v) is 4.10. The lowest BCUT2D eigenvalue weighted by atomic mass is 10.0. The number of H-pyrrole nitrogens is 1. The van der Waals surface area contributed by atoms with Crippen molar-refractivity contribution in [1.29, 1.82) is 10.5 Å². The van der Waals surface area contributed by atoms with Gasteiger partial charge in [0.05, 0.1) is 16.8 Å². The van der Waals surface area contributed by atoms with Crippen LogP contribution < -0.4 is 16.2 Å². The molecule has 5 nitrogen and oxygen atoms in total. The molecular formula is C19H14N4O. The molecule has 5 heteroatoms. The number of aromatic nitrogens is 1. The van der Waals surface area contributed by atoms with Gasteiger partial charge in [-0.25, -0.2) is 0 Å². The van der Waals surface area contributed by atoms with E-state index in [2.05, 4.69) is 23.7 Å². The van der Waals surface area contributed by atoms with E-state index in [1.165, 1.54) is 0 Å². The summed E-state index contributed by atoms with van der Waals surface area (Å²) in [5.41, 5.74) is 9.58. The van der Waals surface area contributed by atoms with Crippen LogP contribution in [-0.4, -0.2) is 10.1 Å². The zero-order chi connectivity index (χ0) is 17.4. The van der Waals surface area contributed by atoms with E-state index in [0.29, 0.717) is 27.6 Å². The molecule has 1 aromatic rings. The van der Waals surface area contributed by atoms with E-state index in [1.54, 1.807) is 31.2 Å². The fraction of sp³-hybridized carbons (Fsp3) is 0.0526. The zero-order valence-electron chi connectivity index (χ0n) is 13.0. The highest BCUT2D eigenvalue weighted by molar-refractivity contribution is 5.81. The Hall–Kier alpha value is -3.70. The maximum Gasteiger partial charge on any atom is 0.119 e. The summed E-state index contributed by atoms with van der Waals surface area (Å²) in [5.74, 6) is 0.413. The van der Waals surface area contributed by atoms with Gasteiger partial charge in [-0.1, -0.05) is 18.7 Å². The van der Waals surface area contributed by atoms with E-state index in [9.17, 15) is 15.6 Å². The van der Waals surface area contributed by atoms with Gasteiger partial charge in [0, 0.05) is 5.56 Å². The molecule has 0 amide bonds. The summed E-state index contributed by atoms with van der Waals surface area (Å²) in [6.45, 7) is 5.83. The Morgan fingerprint density at radius 2 is 1.79 bits per heavy atom. The molecule has 1 aliphatic carbocycles. The summed E-state index contributed by atoms with van der Waals surface area (Å²) in [5, 5.41) is 29.6. The van der Waals surface area contributed by atoms with Gasteiger partial charge < -0.3 is 15.8 Å². The monoisotopic (exact) mass is 314 g/mol. The van der Waals surface area contributed by atoms with Crippen LogP contribution in [-0.2, 0) is 0 Å². The fourth-order valence-corrected chi connectivity index (χ4v) is 2.90. The second-order valence-corrected chi connectivity index (χ2v) is 5.52.